The SMILES string of the molecule is CC1CC(C(=O)O)CN(Cc2csc(-c3ccccc3F)n2)C1. The molecule has 1 aromatic carbocycles. The summed E-state index contributed by atoms with van der Waals surface area (Å²) < 4.78 is 13.8. The molecule has 2 aromatic rings. The highest BCUT2D eigenvalue weighted by Gasteiger charge is 2.29. The maximum atomic E-state index is 13.8. The van der Waals surface area contributed by atoms with Crippen molar-refractivity contribution in [2.24, 2.45) is 11.8 Å². The summed E-state index contributed by atoms with van der Waals surface area (Å²) in [4.78, 5) is 17.9. The highest BCUT2D eigenvalue weighted by molar-refractivity contribution is 7.13. The average Bonchev–Trinajstić information content (AvgIpc) is 2.95. The third-order valence-electron chi connectivity index (χ3n) is 4.13. The van der Waals surface area contributed by atoms with Gasteiger partial charge >= 0.3 is 5.97 Å². The normalized spacial score (nSPS) is 22.2. The summed E-state index contributed by atoms with van der Waals surface area (Å²) in [6, 6.07) is 6.61. The summed E-state index contributed by atoms with van der Waals surface area (Å²) in [5.74, 6) is -0.962. The lowest BCUT2D eigenvalue weighted by Crippen LogP contribution is -2.42. The van der Waals surface area contributed by atoms with Gasteiger partial charge in [0.05, 0.1) is 11.6 Å². The molecule has 0 amide bonds. The minimum atomic E-state index is -0.730. The van der Waals surface area contributed by atoms with Gasteiger partial charge in [0.15, 0.2) is 0 Å². The number of carbonyl (C=O) groups is 1. The summed E-state index contributed by atoms with van der Waals surface area (Å²) >= 11 is 1.42. The summed E-state index contributed by atoms with van der Waals surface area (Å²) in [5, 5.41) is 11.8. The van der Waals surface area contributed by atoms with Crippen molar-refractivity contribution >= 4 is 17.3 Å². The van der Waals surface area contributed by atoms with Crippen LogP contribution in [0.25, 0.3) is 10.6 Å². The molecule has 3 rings (SSSR count). The van der Waals surface area contributed by atoms with Gasteiger partial charge in [0.2, 0.25) is 0 Å². The van der Waals surface area contributed by atoms with Gasteiger partial charge in [-0.25, -0.2) is 9.37 Å². The summed E-state index contributed by atoms with van der Waals surface area (Å²) in [5.41, 5.74) is 1.38. The monoisotopic (exact) mass is 334 g/mol. The van der Waals surface area contributed by atoms with Crippen molar-refractivity contribution in [1.29, 1.82) is 0 Å². The number of hydrogen-bond donors (Lipinski definition) is 1. The van der Waals surface area contributed by atoms with Gasteiger partial charge in [-0.05, 0) is 24.5 Å². The highest BCUT2D eigenvalue weighted by atomic mass is 32.1. The number of likely N-dealkylation sites (tertiary alicyclic amines) is 1. The molecule has 1 aromatic heterocycles. The van der Waals surface area contributed by atoms with Crippen LogP contribution in [0.3, 0.4) is 0 Å². The molecule has 6 heteroatoms. The smallest absolute Gasteiger partial charge is 0.307 e. The summed E-state index contributed by atoms with van der Waals surface area (Å²) in [6.07, 6.45) is 0.726. The molecule has 0 bridgehead atoms. The van der Waals surface area contributed by atoms with Gasteiger partial charge in [0, 0.05) is 30.6 Å². The van der Waals surface area contributed by atoms with Gasteiger partial charge in [-0.3, -0.25) is 9.69 Å². The topological polar surface area (TPSA) is 53.4 Å². The Kier molecular flexibility index (Phi) is 4.73. The van der Waals surface area contributed by atoms with Crippen molar-refractivity contribution in [3.63, 3.8) is 0 Å². The molecule has 2 heterocycles. The zero-order valence-electron chi connectivity index (χ0n) is 12.9. The van der Waals surface area contributed by atoms with E-state index in [0.717, 1.165) is 18.7 Å². The number of carboxylic acid groups (broad SMARTS) is 1. The Labute approximate surface area is 138 Å². The van der Waals surface area contributed by atoms with E-state index in [-0.39, 0.29) is 11.7 Å². The lowest BCUT2D eigenvalue weighted by molar-refractivity contribution is -0.144. The Balaban J connectivity index is 1.72. The van der Waals surface area contributed by atoms with Gasteiger partial charge in [0.25, 0.3) is 0 Å². The molecule has 0 radical (unpaired) electrons. The van der Waals surface area contributed by atoms with Crippen LogP contribution in [0.1, 0.15) is 19.0 Å². The minimum absolute atomic E-state index is 0.272. The first-order valence-electron chi connectivity index (χ1n) is 7.67. The van der Waals surface area contributed by atoms with Crippen molar-refractivity contribution in [1.82, 2.24) is 9.88 Å². The van der Waals surface area contributed by atoms with E-state index in [0.29, 0.717) is 29.6 Å². The van der Waals surface area contributed by atoms with Crippen LogP contribution in [0.5, 0.6) is 0 Å². The molecule has 23 heavy (non-hydrogen) atoms. The number of thiazole rings is 1. The number of rotatable bonds is 4. The molecular weight excluding hydrogens is 315 g/mol. The van der Waals surface area contributed by atoms with Gasteiger partial charge in [0.1, 0.15) is 10.8 Å². The number of carboxylic acids is 1. The summed E-state index contributed by atoms with van der Waals surface area (Å²) in [6.45, 7) is 4.11. The maximum Gasteiger partial charge on any atom is 0.307 e. The molecule has 1 aliphatic rings. The molecule has 1 saturated heterocycles. The number of nitrogens with zero attached hydrogens (tertiary/aromatic N) is 2. The van der Waals surface area contributed by atoms with E-state index in [2.05, 4.69) is 16.8 Å². The van der Waals surface area contributed by atoms with Crippen LogP contribution >= 0.6 is 11.3 Å². The van der Waals surface area contributed by atoms with Crippen molar-refractivity contribution in [2.45, 2.75) is 19.9 Å². The Morgan fingerprint density at radius 3 is 2.96 bits per heavy atom. The number of hydrogen-bond acceptors (Lipinski definition) is 4. The first-order valence-corrected chi connectivity index (χ1v) is 8.55. The van der Waals surface area contributed by atoms with Crippen LogP contribution in [0, 0.1) is 17.7 Å². The second-order valence-electron chi connectivity index (χ2n) is 6.19. The molecular formula is C17H19FN2O2S. The molecule has 2 atom stereocenters. The van der Waals surface area contributed by atoms with Crippen LogP contribution in [0.4, 0.5) is 4.39 Å². The highest BCUT2D eigenvalue weighted by Crippen LogP contribution is 2.28. The number of aromatic nitrogens is 1. The lowest BCUT2D eigenvalue weighted by atomic mass is 9.90. The van der Waals surface area contributed by atoms with Crippen molar-refractivity contribution in [3.05, 3.63) is 41.2 Å². The Morgan fingerprint density at radius 1 is 1.43 bits per heavy atom. The van der Waals surface area contributed by atoms with Crippen LogP contribution in [-0.2, 0) is 11.3 Å². The molecule has 122 valence electrons. The fourth-order valence-electron chi connectivity index (χ4n) is 3.14. The predicted molar refractivity (Wildman–Crippen MR) is 87.7 cm³/mol. The number of halogens is 1. The van der Waals surface area contributed by atoms with E-state index in [1.807, 2.05) is 5.38 Å². The van der Waals surface area contributed by atoms with Gasteiger partial charge in [-0.2, -0.15) is 0 Å². The molecule has 0 saturated carbocycles. The molecule has 0 spiro atoms. The molecule has 1 fully saturated rings. The van der Waals surface area contributed by atoms with Crippen molar-refractivity contribution in [2.75, 3.05) is 13.1 Å². The van der Waals surface area contributed by atoms with E-state index >= 15 is 0 Å². The van der Waals surface area contributed by atoms with E-state index in [4.69, 9.17) is 0 Å². The quantitative estimate of drug-likeness (QED) is 0.930. The first kappa shape index (κ1) is 16.1. The summed E-state index contributed by atoms with van der Waals surface area (Å²) in [7, 11) is 0. The van der Waals surface area contributed by atoms with Crippen molar-refractivity contribution in [3.8, 4) is 10.6 Å². The number of benzene rings is 1. The molecule has 4 nitrogen and oxygen atoms in total. The van der Waals surface area contributed by atoms with E-state index in [1.54, 1.807) is 18.2 Å². The van der Waals surface area contributed by atoms with Crippen LogP contribution in [-0.4, -0.2) is 34.0 Å². The zero-order chi connectivity index (χ0) is 16.4. The molecule has 1 aliphatic heterocycles. The van der Waals surface area contributed by atoms with Gasteiger partial charge in [-0.1, -0.05) is 19.1 Å². The zero-order valence-corrected chi connectivity index (χ0v) is 13.7. The lowest BCUT2D eigenvalue weighted by Gasteiger charge is -2.34. The molecule has 0 aliphatic carbocycles. The van der Waals surface area contributed by atoms with Crippen LogP contribution < -0.4 is 0 Å². The van der Waals surface area contributed by atoms with E-state index < -0.39 is 5.97 Å². The fraction of sp³-hybridized carbons (Fsp3) is 0.412. The molecule has 1 N–H and O–H groups in total. The molecule has 2 unspecified atom stereocenters. The Morgan fingerprint density at radius 2 is 2.22 bits per heavy atom. The van der Waals surface area contributed by atoms with Gasteiger partial charge < -0.3 is 5.11 Å². The average molecular weight is 334 g/mol. The number of aliphatic carboxylic acids is 1. The second kappa shape index (κ2) is 6.76. The fourth-order valence-corrected chi connectivity index (χ4v) is 3.97. The third kappa shape index (κ3) is 3.76. The largest absolute Gasteiger partial charge is 0.481 e. The van der Waals surface area contributed by atoms with E-state index in [9.17, 15) is 14.3 Å². The second-order valence-corrected chi connectivity index (χ2v) is 7.05. The number of piperidine rings is 1. The van der Waals surface area contributed by atoms with Gasteiger partial charge in [-0.15, -0.1) is 11.3 Å². The maximum absolute atomic E-state index is 13.8. The van der Waals surface area contributed by atoms with Crippen LogP contribution in [0.15, 0.2) is 29.6 Å². The van der Waals surface area contributed by atoms with Crippen LogP contribution in [0.2, 0.25) is 0 Å². The van der Waals surface area contributed by atoms with Crippen molar-refractivity contribution < 1.29 is 14.3 Å². The van der Waals surface area contributed by atoms with E-state index in [1.165, 1.54) is 17.4 Å². The third-order valence-corrected chi connectivity index (χ3v) is 5.05. The Bertz CT molecular complexity index is 703. The first-order chi connectivity index (χ1) is 11.0. The standard InChI is InChI=1S/C17H19FN2O2S/c1-11-6-12(17(21)22)8-20(7-11)9-13-10-23-16(19-13)14-4-2-3-5-15(14)18/h2-5,10-12H,6-9H2,1H3,(H,21,22). The Hall–Kier alpha value is -1.79. The predicted octanol–water partition coefficient (Wildman–Crippen LogP) is 3.49. The minimum Gasteiger partial charge on any atom is -0.481 e.